The highest BCUT2D eigenvalue weighted by Gasteiger charge is 2.19. The number of halogens is 1. The number of hydrogen-bond acceptors (Lipinski definition) is 4. The third-order valence-corrected chi connectivity index (χ3v) is 4.48. The van der Waals surface area contributed by atoms with Crippen LogP contribution in [0.4, 0.5) is 0 Å². The van der Waals surface area contributed by atoms with Crippen molar-refractivity contribution in [2.45, 2.75) is 18.4 Å². The monoisotopic (exact) mass is 315 g/mol. The Bertz CT molecular complexity index is 712. The maximum Gasteiger partial charge on any atom is 0.244 e. The molecule has 20 heavy (non-hydrogen) atoms. The van der Waals surface area contributed by atoms with E-state index in [1.165, 1.54) is 25.3 Å². The molecule has 1 heterocycles. The van der Waals surface area contributed by atoms with Gasteiger partial charge in [-0.1, -0.05) is 11.6 Å². The van der Waals surface area contributed by atoms with Crippen molar-refractivity contribution in [2.24, 2.45) is 0 Å². The van der Waals surface area contributed by atoms with Crippen LogP contribution in [0.25, 0.3) is 0 Å². The average molecular weight is 316 g/mol. The number of benzene rings is 1. The minimum Gasteiger partial charge on any atom is -0.495 e. The van der Waals surface area contributed by atoms with E-state index in [4.69, 9.17) is 16.3 Å². The summed E-state index contributed by atoms with van der Waals surface area (Å²) >= 11 is 5.82. The summed E-state index contributed by atoms with van der Waals surface area (Å²) in [5, 5.41) is 6.99. The quantitative estimate of drug-likeness (QED) is 0.882. The van der Waals surface area contributed by atoms with Gasteiger partial charge >= 0.3 is 0 Å². The van der Waals surface area contributed by atoms with Crippen LogP contribution in [0, 0.1) is 6.92 Å². The van der Waals surface area contributed by atoms with E-state index < -0.39 is 10.0 Å². The topological polar surface area (TPSA) is 84.1 Å². The van der Waals surface area contributed by atoms with Crippen LogP contribution in [-0.4, -0.2) is 25.7 Å². The van der Waals surface area contributed by atoms with Crippen molar-refractivity contribution in [3.05, 3.63) is 40.7 Å². The zero-order valence-corrected chi connectivity index (χ0v) is 12.5. The number of nitrogens with zero attached hydrogens (tertiary/aromatic N) is 1. The molecule has 0 aliphatic rings. The van der Waals surface area contributed by atoms with Crippen molar-refractivity contribution in [3.8, 4) is 5.75 Å². The van der Waals surface area contributed by atoms with Gasteiger partial charge in [-0.3, -0.25) is 5.10 Å². The average Bonchev–Trinajstić information content (AvgIpc) is 2.81. The van der Waals surface area contributed by atoms with Gasteiger partial charge in [0.1, 0.15) is 10.6 Å². The number of aryl methyl sites for hydroxylation is 1. The van der Waals surface area contributed by atoms with Crippen LogP contribution < -0.4 is 9.46 Å². The fourth-order valence-corrected chi connectivity index (χ4v) is 2.99. The van der Waals surface area contributed by atoms with E-state index in [9.17, 15) is 8.42 Å². The molecule has 1 aromatic heterocycles. The number of sulfonamides is 1. The molecule has 108 valence electrons. The maximum atomic E-state index is 12.3. The lowest BCUT2D eigenvalue weighted by Crippen LogP contribution is -2.23. The molecule has 1 aromatic carbocycles. The minimum atomic E-state index is -3.69. The summed E-state index contributed by atoms with van der Waals surface area (Å²) in [6, 6.07) is 4.37. The van der Waals surface area contributed by atoms with Crippen molar-refractivity contribution in [1.29, 1.82) is 0 Å². The van der Waals surface area contributed by atoms with Crippen LogP contribution in [0.5, 0.6) is 5.75 Å². The molecule has 0 aliphatic carbocycles. The summed E-state index contributed by atoms with van der Waals surface area (Å²) in [7, 11) is -2.29. The second-order valence-electron chi connectivity index (χ2n) is 4.14. The van der Waals surface area contributed by atoms with E-state index >= 15 is 0 Å². The van der Waals surface area contributed by atoms with Crippen molar-refractivity contribution in [1.82, 2.24) is 14.9 Å². The van der Waals surface area contributed by atoms with Crippen LogP contribution in [0.15, 0.2) is 29.3 Å². The Balaban J connectivity index is 2.25. The predicted octanol–water partition coefficient (Wildman–Crippen LogP) is 1.86. The van der Waals surface area contributed by atoms with E-state index in [1.54, 1.807) is 6.20 Å². The molecule has 0 aliphatic heterocycles. The van der Waals surface area contributed by atoms with Crippen LogP contribution in [0.2, 0.25) is 5.02 Å². The fourth-order valence-electron chi connectivity index (χ4n) is 1.67. The number of aromatic amines is 1. The molecule has 0 saturated carbocycles. The Morgan fingerprint density at radius 3 is 2.80 bits per heavy atom. The number of rotatable bonds is 5. The molecule has 0 spiro atoms. The first-order valence-corrected chi connectivity index (χ1v) is 7.62. The minimum absolute atomic E-state index is 0.0468. The molecule has 0 bridgehead atoms. The number of ether oxygens (including phenoxy) is 1. The van der Waals surface area contributed by atoms with E-state index in [1.807, 2.05) is 6.92 Å². The number of nitrogens with one attached hydrogen (secondary N) is 2. The van der Waals surface area contributed by atoms with Crippen molar-refractivity contribution in [3.63, 3.8) is 0 Å². The summed E-state index contributed by atoms with van der Waals surface area (Å²) in [6.07, 6.45) is 1.58. The molecule has 2 N–H and O–H groups in total. The molecule has 0 saturated heterocycles. The van der Waals surface area contributed by atoms with Gasteiger partial charge in [-0.05, 0) is 19.1 Å². The van der Waals surface area contributed by atoms with E-state index in [2.05, 4.69) is 14.9 Å². The van der Waals surface area contributed by atoms with Crippen LogP contribution >= 0.6 is 11.6 Å². The summed E-state index contributed by atoms with van der Waals surface area (Å²) in [6.45, 7) is 1.97. The standard InChI is InChI=1S/C12H14ClN3O3S/c1-8-9(6-14-16-8)7-15-20(17,18)12-4-3-10(13)5-11(12)19-2/h3-6,15H,7H2,1-2H3,(H,14,16). The molecule has 0 atom stereocenters. The van der Waals surface area contributed by atoms with Crippen LogP contribution in [0.1, 0.15) is 11.3 Å². The Hall–Kier alpha value is -1.57. The molecule has 2 rings (SSSR count). The first kappa shape index (κ1) is 14.8. The lowest BCUT2D eigenvalue weighted by molar-refractivity contribution is 0.402. The van der Waals surface area contributed by atoms with E-state index in [0.717, 1.165) is 11.3 Å². The van der Waals surface area contributed by atoms with Gasteiger partial charge in [0, 0.05) is 28.9 Å². The predicted molar refractivity (Wildman–Crippen MR) is 75.4 cm³/mol. The molecular formula is C12H14ClN3O3S. The number of methoxy groups -OCH3 is 1. The molecule has 6 nitrogen and oxygen atoms in total. The van der Waals surface area contributed by atoms with E-state index in [-0.39, 0.29) is 17.2 Å². The van der Waals surface area contributed by atoms with Gasteiger partial charge in [0.05, 0.1) is 13.3 Å². The Labute approximate surface area is 122 Å². The summed E-state index contributed by atoms with van der Waals surface area (Å²) in [4.78, 5) is 0.0468. The maximum absolute atomic E-state index is 12.3. The Morgan fingerprint density at radius 2 is 2.20 bits per heavy atom. The lowest BCUT2D eigenvalue weighted by atomic mass is 10.3. The van der Waals surface area contributed by atoms with Crippen molar-refractivity contribution >= 4 is 21.6 Å². The number of H-pyrrole nitrogens is 1. The first-order valence-electron chi connectivity index (χ1n) is 5.76. The van der Waals surface area contributed by atoms with Crippen molar-refractivity contribution in [2.75, 3.05) is 7.11 Å². The molecule has 0 unspecified atom stereocenters. The highest BCUT2D eigenvalue weighted by molar-refractivity contribution is 7.89. The second-order valence-corrected chi connectivity index (χ2v) is 6.31. The van der Waals surface area contributed by atoms with Gasteiger partial charge in [0.15, 0.2) is 0 Å². The van der Waals surface area contributed by atoms with Gasteiger partial charge in [-0.15, -0.1) is 0 Å². The Kier molecular flexibility index (Phi) is 4.32. The van der Waals surface area contributed by atoms with E-state index in [0.29, 0.717) is 5.02 Å². The third kappa shape index (κ3) is 3.12. The smallest absolute Gasteiger partial charge is 0.244 e. The summed E-state index contributed by atoms with van der Waals surface area (Å²) in [5.41, 5.74) is 1.59. The first-order chi connectivity index (χ1) is 9.44. The summed E-state index contributed by atoms with van der Waals surface area (Å²) in [5.74, 6) is 0.203. The molecule has 2 aromatic rings. The highest BCUT2D eigenvalue weighted by atomic mass is 35.5. The summed E-state index contributed by atoms with van der Waals surface area (Å²) < 4.78 is 32.1. The molecular weight excluding hydrogens is 302 g/mol. The number of aromatic nitrogens is 2. The molecule has 8 heteroatoms. The molecule has 0 amide bonds. The molecule has 0 radical (unpaired) electrons. The lowest BCUT2D eigenvalue weighted by Gasteiger charge is -2.10. The highest BCUT2D eigenvalue weighted by Crippen LogP contribution is 2.27. The van der Waals surface area contributed by atoms with Gasteiger partial charge in [0.2, 0.25) is 10.0 Å². The van der Waals surface area contributed by atoms with Crippen LogP contribution in [-0.2, 0) is 16.6 Å². The SMILES string of the molecule is COc1cc(Cl)ccc1S(=O)(=O)NCc1cn[nH]c1C. The van der Waals surface area contributed by atoms with Crippen molar-refractivity contribution < 1.29 is 13.2 Å². The zero-order chi connectivity index (χ0) is 14.8. The Morgan fingerprint density at radius 1 is 1.45 bits per heavy atom. The fraction of sp³-hybridized carbons (Fsp3) is 0.250. The zero-order valence-electron chi connectivity index (χ0n) is 11.0. The third-order valence-electron chi connectivity index (χ3n) is 2.80. The van der Waals surface area contributed by atoms with Gasteiger partial charge in [-0.25, -0.2) is 13.1 Å². The van der Waals surface area contributed by atoms with Crippen LogP contribution in [0.3, 0.4) is 0 Å². The van der Waals surface area contributed by atoms with Gasteiger partial charge < -0.3 is 4.74 Å². The number of hydrogen-bond donors (Lipinski definition) is 2. The largest absolute Gasteiger partial charge is 0.495 e. The van der Waals surface area contributed by atoms with Gasteiger partial charge in [-0.2, -0.15) is 5.10 Å². The molecule has 0 fully saturated rings. The normalized spacial score (nSPS) is 11.6. The second kappa shape index (κ2) is 5.82. The van der Waals surface area contributed by atoms with Gasteiger partial charge in [0.25, 0.3) is 0 Å².